The Morgan fingerprint density at radius 1 is 1.00 bits per heavy atom. The van der Waals surface area contributed by atoms with Gasteiger partial charge in [0.1, 0.15) is 18.1 Å². The monoisotopic (exact) mass is 554 g/mol. The molecule has 0 bridgehead atoms. The normalized spacial score (nSPS) is 10.8. The van der Waals surface area contributed by atoms with Crippen LogP contribution in [-0.4, -0.2) is 39.9 Å². The summed E-state index contributed by atoms with van der Waals surface area (Å²) in [6.45, 7) is 1.85. The number of hydrogen-bond acceptors (Lipinski definition) is 5. The van der Waals surface area contributed by atoms with Crippen LogP contribution in [0.5, 0.6) is 5.75 Å². The summed E-state index contributed by atoms with van der Waals surface area (Å²) in [7, 11) is 1.61. The van der Waals surface area contributed by atoms with Crippen LogP contribution in [-0.2, 0) is 11.3 Å². The van der Waals surface area contributed by atoms with E-state index < -0.39 is 11.8 Å². The van der Waals surface area contributed by atoms with Gasteiger partial charge in [0.15, 0.2) is 0 Å². The molecule has 2 heterocycles. The first-order valence-corrected chi connectivity index (χ1v) is 13.0. The Bertz CT molecular complexity index is 1610. The van der Waals surface area contributed by atoms with Crippen molar-refractivity contribution in [2.45, 2.75) is 13.5 Å². The Labute approximate surface area is 236 Å². The molecule has 1 N–H and O–H groups in total. The Morgan fingerprint density at radius 2 is 1.75 bits per heavy atom. The molecule has 5 aromatic rings. The van der Waals surface area contributed by atoms with Gasteiger partial charge in [0, 0.05) is 17.4 Å². The highest BCUT2D eigenvalue weighted by Crippen LogP contribution is 2.26. The molecule has 0 fully saturated rings. The molecule has 40 heavy (non-hydrogen) atoms. The van der Waals surface area contributed by atoms with Crippen LogP contribution in [0.25, 0.3) is 16.9 Å². The van der Waals surface area contributed by atoms with Gasteiger partial charge in [-0.2, -0.15) is 0 Å². The number of aryl methyl sites for hydroxylation is 1. The maximum Gasteiger partial charge on any atom is 0.256 e. The molecule has 0 saturated heterocycles. The molecule has 9 heteroatoms. The predicted octanol–water partition coefficient (Wildman–Crippen LogP) is 6.38. The molecule has 0 aliphatic heterocycles. The molecule has 0 spiro atoms. The number of hydrogen-bond donors (Lipinski definition) is 1. The highest BCUT2D eigenvalue weighted by molar-refractivity contribution is 6.33. The summed E-state index contributed by atoms with van der Waals surface area (Å²) < 4.78 is 12.5. The van der Waals surface area contributed by atoms with Gasteiger partial charge in [0.25, 0.3) is 5.91 Å². The zero-order valence-electron chi connectivity index (χ0n) is 22.0. The standard InChI is InChI=1S/C31H27ClN4O4/c1-21-9-13-23(14-10-21)36-19-28(22-11-15-24(39-2)16-12-22)33-31(36)34-29(37)20-35(18-25-6-5-17-40-25)30(38)26-7-3-4-8-27(26)32/h3-17,19H,18,20H2,1-2H3,(H,33,34,37). The van der Waals surface area contributed by atoms with Gasteiger partial charge < -0.3 is 14.1 Å². The predicted molar refractivity (Wildman–Crippen MR) is 154 cm³/mol. The van der Waals surface area contributed by atoms with Gasteiger partial charge in [-0.25, -0.2) is 4.98 Å². The molecule has 3 aromatic carbocycles. The number of halogens is 1. The molecule has 0 unspecified atom stereocenters. The molecule has 8 nitrogen and oxygen atoms in total. The smallest absolute Gasteiger partial charge is 0.256 e. The van der Waals surface area contributed by atoms with Gasteiger partial charge >= 0.3 is 0 Å². The van der Waals surface area contributed by atoms with E-state index in [1.54, 1.807) is 43.5 Å². The second-order valence-corrected chi connectivity index (χ2v) is 9.56. The van der Waals surface area contributed by atoms with E-state index in [9.17, 15) is 9.59 Å². The van der Waals surface area contributed by atoms with Gasteiger partial charge in [-0.05, 0) is 67.6 Å². The van der Waals surface area contributed by atoms with Gasteiger partial charge in [0.2, 0.25) is 11.9 Å². The van der Waals surface area contributed by atoms with Gasteiger partial charge in [-0.15, -0.1) is 0 Å². The zero-order chi connectivity index (χ0) is 28.1. The minimum absolute atomic E-state index is 0.0912. The van der Waals surface area contributed by atoms with Crippen LogP contribution < -0.4 is 10.1 Å². The van der Waals surface area contributed by atoms with Crippen molar-refractivity contribution < 1.29 is 18.7 Å². The number of carbonyl (C=O) groups excluding carboxylic acids is 2. The van der Waals surface area contributed by atoms with E-state index >= 15 is 0 Å². The fourth-order valence-corrected chi connectivity index (χ4v) is 4.42. The summed E-state index contributed by atoms with van der Waals surface area (Å²) in [5, 5.41) is 3.20. The third-order valence-electron chi connectivity index (χ3n) is 6.31. The van der Waals surface area contributed by atoms with Crippen LogP contribution >= 0.6 is 11.6 Å². The number of aromatic nitrogens is 2. The number of anilines is 1. The number of methoxy groups -OCH3 is 1. The Balaban J connectivity index is 1.44. The minimum Gasteiger partial charge on any atom is -0.497 e. The number of rotatable bonds is 9. The van der Waals surface area contributed by atoms with E-state index in [1.807, 2.05) is 66.2 Å². The van der Waals surface area contributed by atoms with E-state index in [0.29, 0.717) is 28.0 Å². The van der Waals surface area contributed by atoms with Crippen LogP contribution in [0.2, 0.25) is 5.02 Å². The summed E-state index contributed by atoms with van der Waals surface area (Å²) in [6, 6.07) is 25.6. The lowest BCUT2D eigenvalue weighted by molar-refractivity contribution is -0.117. The van der Waals surface area contributed by atoms with Crippen molar-refractivity contribution in [3.8, 4) is 22.7 Å². The highest BCUT2D eigenvalue weighted by Gasteiger charge is 2.23. The minimum atomic E-state index is -0.424. The van der Waals surface area contributed by atoms with Gasteiger partial charge in [-0.3, -0.25) is 19.5 Å². The van der Waals surface area contributed by atoms with E-state index in [1.165, 1.54) is 11.2 Å². The molecule has 0 saturated carbocycles. The number of ether oxygens (including phenoxy) is 1. The zero-order valence-corrected chi connectivity index (χ0v) is 22.8. The average Bonchev–Trinajstić information content (AvgIpc) is 3.63. The van der Waals surface area contributed by atoms with Crippen molar-refractivity contribution in [2.24, 2.45) is 0 Å². The van der Waals surface area contributed by atoms with Crippen LogP contribution in [0.15, 0.2) is 102 Å². The quantitative estimate of drug-likeness (QED) is 0.228. The lowest BCUT2D eigenvalue weighted by Crippen LogP contribution is -2.38. The molecule has 0 atom stereocenters. The summed E-state index contributed by atoms with van der Waals surface area (Å²) in [6.07, 6.45) is 3.38. The summed E-state index contributed by atoms with van der Waals surface area (Å²) in [5.74, 6) is 0.777. The van der Waals surface area contributed by atoms with E-state index in [4.69, 9.17) is 25.7 Å². The van der Waals surface area contributed by atoms with Crippen molar-refractivity contribution in [2.75, 3.05) is 19.0 Å². The molecule has 202 valence electrons. The molecule has 2 aromatic heterocycles. The maximum absolute atomic E-state index is 13.4. The van der Waals surface area contributed by atoms with E-state index in [-0.39, 0.29) is 13.1 Å². The molecule has 2 amide bonds. The van der Waals surface area contributed by atoms with Crippen molar-refractivity contribution in [1.29, 1.82) is 0 Å². The Morgan fingerprint density at radius 3 is 2.42 bits per heavy atom. The number of carbonyl (C=O) groups is 2. The fourth-order valence-electron chi connectivity index (χ4n) is 4.20. The van der Waals surface area contributed by atoms with Gasteiger partial charge in [-0.1, -0.05) is 41.4 Å². The van der Waals surface area contributed by atoms with Crippen LogP contribution in [0.1, 0.15) is 21.7 Å². The first-order valence-electron chi connectivity index (χ1n) is 12.6. The number of furan rings is 1. The lowest BCUT2D eigenvalue weighted by Gasteiger charge is -2.22. The Hall–Kier alpha value is -4.82. The van der Waals surface area contributed by atoms with Crippen LogP contribution in [0, 0.1) is 6.92 Å². The third kappa shape index (κ3) is 6.08. The first kappa shape index (κ1) is 26.8. The number of nitrogens with one attached hydrogen (secondary N) is 1. The summed E-state index contributed by atoms with van der Waals surface area (Å²) in [4.78, 5) is 32.9. The van der Waals surface area contributed by atoms with E-state index in [2.05, 4.69) is 5.32 Å². The average molecular weight is 555 g/mol. The number of imidazole rings is 1. The number of benzene rings is 3. The molecule has 0 radical (unpaired) electrons. The molecule has 5 rings (SSSR count). The van der Waals surface area contributed by atoms with Crippen LogP contribution in [0.4, 0.5) is 5.95 Å². The molecule has 0 aliphatic carbocycles. The molecular weight excluding hydrogens is 528 g/mol. The first-order chi connectivity index (χ1) is 19.4. The lowest BCUT2D eigenvalue weighted by atomic mass is 10.1. The van der Waals surface area contributed by atoms with Crippen molar-refractivity contribution in [3.05, 3.63) is 119 Å². The number of amides is 2. The van der Waals surface area contributed by atoms with Crippen molar-refractivity contribution >= 4 is 29.4 Å². The molecule has 0 aliphatic rings. The Kier molecular flexibility index (Phi) is 7.98. The van der Waals surface area contributed by atoms with Crippen molar-refractivity contribution in [3.63, 3.8) is 0 Å². The molecular formula is C31H27ClN4O4. The summed E-state index contributed by atoms with van der Waals surface area (Å²) >= 11 is 6.30. The van der Waals surface area contributed by atoms with E-state index in [0.717, 1.165) is 22.6 Å². The second-order valence-electron chi connectivity index (χ2n) is 9.15. The van der Waals surface area contributed by atoms with Crippen LogP contribution in [0.3, 0.4) is 0 Å². The van der Waals surface area contributed by atoms with Gasteiger partial charge in [0.05, 0.1) is 36.2 Å². The maximum atomic E-state index is 13.4. The van der Waals surface area contributed by atoms with Crippen molar-refractivity contribution in [1.82, 2.24) is 14.5 Å². The highest BCUT2D eigenvalue weighted by atomic mass is 35.5. The third-order valence-corrected chi connectivity index (χ3v) is 6.64. The summed E-state index contributed by atoms with van der Waals surface area (Å²) in [5.41, 5.74) is 3.75. The topological polar surface area (TPSA) is 89.6 Å². The second kappa shape index (κ2) is 11.9. The SMILES string of the molecule is COc1ccc(-c2cn(-c3ccc(C)cc3)c(NC(=O)CN(Cc3ccco3)C(=O)c3ccccc3Cl)n2)cc1. The fraction of sp³-hybridized carbons (Fsp3) is 0.129. The largest absolute Gasteiger partial charge is 0.497 e. The number of nitrogens with zero attached hydrogens (tertiary/aromatic N) is 3.